The zero-order valence-electron chi connectivity index (χ0n) is 15.5. The van der Waals surface area contributed by atoms with Gasteiger partial charge in [0, 0.05) is 17.8 Å². The zero-order valence-corrected chi connectivity index (χ0v) is 15.5. The SMILES string of the molecule is C[C@@H](Nc1ccn2ncc(C(=O)NC(C)(C)C)c2n1)c1cc(F)cc(F)c1. The quantitative estimate of drug-likeness (QED) is 0.731. The molecule has 1 amide bonds. The first-order valence-corrected chi connectivity index (χ1v) is 8.52. The highest BCUT2D eigenvalue weighted by Crippen LogP contribution is 2.21. The molecule has 0 unspecified atom stereocenters. The summed E-state index contributed by atoms with van der Waals surface area (Å²) >= 11 is 0. The van der Waals surface area contributed by atoms with Crippen molar-refractivity contribution in [3.63, 3.8) is 0 Å². The number of hydrogen-bond acceptors (Lipinski definition) is 4. The topological polar surface area (TPSA) is 71.3 Å². The van der Waals surface area contributed by atoms with Crippen LogP contribution in [0.1, 0.15) is 49.7 Å². The Labute approximate surface area is 155 Å². The predicted octanol–water partition coefficient (Wildman–Crippen LogP) is 3.71. The summed E-state index contributed by atoms with van der Waals surface area (Å²) in [4.78, 5) is 16.9. The van der Waals surface area contributed by atoms with Crippen LogP contribution in [-0.2, 0) is 0 Å². The Morgan fingerprint density at radius 2 is 1.85 bits per heavy atom. The lowest BCUT2D eigenvalue weighted by Gasteiger charge is -2.20. The Morgan fingerprint density at radius 3 is 2.48 bits per heavy atom. The van der Waals surface area contributed by atoms with E-state index in [1.165, 1.54) is 22.8 Å². The molecule has 1 aromatic carbocycles. The highest BCUT2D eigenvalue weighted by atomic mass is 19.1. The highest BCUT2D eigenvalue weighted by Gasteiger charge is 2.20. The monoisotopic (exact) mass is 373 g/mol. The molecular weight excluding hydrogens is 352 g/mol. The summed E-state index contributed by atoms with van der Waals surface area (Å²) in [6.45, 7) is 7.42. The van der Waals surface area contributed by atoms with Crippen LogP contribution in [0, 0.1) is 11.6 Å². The van der Waals surface area contributed by atoms with Crippen LogP contribution >= 0.6 is 0 Å². The fourth-order valence-corrected chi connectivity index (χ4v) is 2.65. The van der Waals surface area contributed by atoms with Gasteiger partial charge in [0.05, 0.1) is 12.2 Å². The zero-order chi connectivity index (χ0) is 19.8. The number of halogens is 2. The van der Waals surface area contributed by atoms with E-state index in [9.17, 15) is 13.6 Å². The minimum atomic E-state index is -0.640. The molecule has 0 aliphatic rings. The highest BCUT2D eigenvalue weighted by molar-refractivity contribution is 6.00. The maximum Gasteiger partial charge on any atom is 0.257 e. The Balaban J connectivity index is 1.87. The first-order valence-electron chi connectivity index (χ1n) is 8.52. The van der Waals surface area contributed by atoms with Crippen molar-refractivity contribution in [2.75, 3.05) is 5.32 Å². The van der Waals surface area contributed by atoms with Gasteiger partial charge in [0.2, 0.25) is 0 Å². The molecule has 0 aliphatic heterocycles. The maximum absolute atomic E-state index is 13.4. The summed E-state index contributed by atoms with van der Waals surface area (Å²) in [6, 6.07) is 4.64. The average Bonchev–Trinajstić information content (AvgIpc) is 2.95. The van der Waals surface area contributed by atoms with Crippen LogP contribution in [0.5, 0.6) is 0 Å². The Kier molecular flexibility index (Phi) is 4.82. The van der Waals surface area contributed by atoms with E-state index < -0.39 is 17.2 Å². The second-order valence-electron chi connectivity index (χ2n) is 7.41. The fourth-order valence-electron chi connectivity index (χ4n) is 2.65. The van der Waals surface area contributed by atoms with Gasteiger partial charge in [-0.1, -0.05) is 0 Å². The number of carbonyl (C=O) groups is 1. The van der Waals surface area contributed by atoms with Crippen LogP contribution in [0.25, 0.3) is 5.65 Å². The lowest BCUT2D eigenvalue weighted by atomic mass is 10.1. The molecule has 0 fully saturated rings. The van der Waals surface area contributed by atoms with Crippen molar-refractivity contribution in [3.8, 4) is 0 Å². The van der Waals surface area contributed by atoms with E-state index in [-0.39, 0.29) is 11.9 Å². The van der Waals surface area contributed by atoms with Gasteiger partial charge in [0.15, 0.2) is 5.65 Å². The first kappa shape index (κ1) is 18.8. The Morgan fingerprint density at radius 1 is 1.19 bits per heavy atom. The summed E-state index contributed by atoms with van der Waals surface area (Å²) in [6.07, 6.45) is 3.12. The number of anilines is 1. The van der Waals surface area contributed by atoms with Crippen LogP contribution in [0.3, 0.4) is 0 Å². The van der Waals surface area contributed by atoms with Crippen molar-refractivity contribution in [2.45, 2.75) is 39.3 Å². The molecule has 0 radical (unpaired) electrons. The molecule has 3 aromatic rings. The smallest absolute Gasteiger partial charge is 0.257 e. The average molecular weight is 373 g/mol. The van der Waals surface area contributed by atoms with Crippen LogP contribution in [-0.4, -0.2) is 26.0 Å². The van der Waals surface area contributed by atoms with Crippen LogP contribution < -0.4 is 10.6 Å². The number of aromatic nitrogens is 3. The molecule has 2 N–H and O–H groups in total. The van der Waals surface area contributed by atoms with Gasteiger partial charge in [-0.3, -0.25) is 4.79 Å². The van der Waals surface area contributed by atoms with E-state index in [0.29, 0.717) is 22.6 Å². The number of fused-ring (bicyclic) bond motifs is 1. The third-order valence-corrected chi connectivity index (χ3v) is 3.85. The number of hydrogen-bond donors (Lipinski definition) is 2. The number of carbonyl (C=O) groups excluding carboxylic acids is 1. The lowest BCUT2D eigenvalue weighted by molar-refractivity contribution is 0.0921. The van der Waals surface area contributed by atoms with Gasteiger partial charge in [-0.15, -0.1) is 0 Å². The van der Waals surface area contributed by atoms with Gasteiger partial charge in [-0.25, -0.2) is 18.3 Å². The normalized spacial score (nSPS) is 12.8. The lowest BCUT2D eigenvalue weighted by Crippen LogP contribution is -2.40. The summed E-state index contributed by atoms with van der Waals surface area (Å²) in [5.41, 5.74) is 0.794. The number of amides is 1. The van der Waals surface area contributed by atoms with E-state index >= 15 is 0 Å². The van der Waals surface area contributed by atoms with Crippen molar-refractivity contribution < 1.29 is 13.6 Å². The van der Waals surface area contributed by atoms with Crippen molar-refractivity contribution in [1.29, 1.82) is 0 Å². The fraction of sp³-hybridized carbons (Fsp3) is 0.316. The molecule has 8 heteroatoms. The molecule has 0 saturated carbocycles. The molecule has 2 heterocycles. The third kappa shape index (κ3) is 4.39. The Hall–Kier alpha value is -3.03. The minimum Gasteiger partial charge on any atom is -0.363 e. The van der Waals surface area contributed by atoms with Crippen molar-refractivity contribution in [2.24, 2.45) is 0 Å². The summed E-state index contributed by atoms with van der Waals surface area (Å²) in [5.74, 6) is -1.09. The number of rotatable bonds is 4. The molecule has 0 aliphatic carbocycles. The van der Waals surface area contributed by atoms with E-state index in [4.69, 9.17) is 0 Å². The van der Waals surface area contributed by atoms with Crippen molar-refractivity contribution in [3.05, 3.63) is 59.4 Å². The predicted molar refractivity (Wildman–Crippen MR) is 98.6 cm³/mol. The van der Waals surface area contributed by atoms with Crippen molar-refractivity contribution in [1.82, 2.24) is 19.9 Å². The van der Waals surface area contributed by atoms with E-state index in [1.807, 2.05) is 20.8 Å². The van der Waals surface area contributed by atoms with Gasteiger partial charge < -0.3 is 10.6 Å². The van der Waals surface area contributed by atoms with E-state index in [1.54, 1.807) is 19.2 Å². The Bertz CT molecular complexity index is 973. The molecule has 142 valence electrons. The molecule has 6 nitrogen and oxygen atoms in total. The minimum absolute atomic E-state index is 0.276. The largest absolute Gasteiger partial charge is 0.363 e. The maximum atomic E-state index is 13.4. The number of nitrogens with one attached hydrogen (secondary N) is 2. The van der Waals surface area contributed by atoms with Gasteiger partial charge in [-0.05, 0) is 51.5 Å². The van der Waals surface area contributed by atoms with Crippen LogP contribution in [0.15, 0.2) is 36.7 Å². The van der Waals surface area contributed by atoms with Gasteiger partial charge >= 0.3 is 0 Å². The molecule has 0 saturated heterocycles. The van der Waals surface area contributed by atoms with Gasteiger partial charge in [0.25, 0.3) is 5.91 Å². The molecule has 0 bridgehead atoms. The first-order chi connectivity index (χ1) is 12.6. The second kappa shape index (κ2) is 6.94. The standard InChI is InChI=1S/C19H21F2N5O/c1-11(12-7-13(20)9-14(21)8-12)23-16-5-6-26-17(24-16)15(10-22-26)18(27)25-19(2,3)4/h5-11H,1-4H3,(H,23,24)(H,25,27)/t11-/m1/s1. The molecule has 1 atom stereocenters. The number of benzene rings is 1. The summed E-state index contributed by atoms with van der Waals surface area (Å²) < 4.78 is 28.4. The van der Waals surface area contributed by atoms with E-state index in [2.05, 4.69) is 20.7 Å². The molecule has 3 rings (SSSR count). The number of nitrogens with zero attached hydrogens (tertiary/aromatic N) is 3. The van der Waals surface area contributed by atoms with Gasteiger partial charge in [-0.2, -0.15) is 5.10 Å². The second-order valence-corrected chi connectivity index (χ2v) is 7.41. The van der Waals surface area contributed by atoms with Crippen molar-refractivity contribution >= 4 is 17.4 Å². The summed E-state index contributed by atoms with van der Waals surface area (Å²) in [7, 11) is 0. The molecule has 0 spiro atoms. The van der Waals surface area contributed by atoms with E-state index in [0.717, 1.165) is 6.07 Å². The molecule has 27 heavy (non-hydrogen) atoms. The van der Waals surface area contributed by atoms with Crippen LogP contribution in [0.4, 0.5) is 14.6 Å². The molecular formula is C19H21F2N5O. The summed E-state index contributed by atoms with van der Waals surface area (Å²) in [5, 5.41) is 10.1. The van der Waals surface area contributed by atoms with Crippen LogP contribution in [0.2, 0.25) is 0 Å². The van der Waals surface area contributed by atoms with Gasteiger partial charge in [0.1, 0.15) is 23.0 Å². The molecule has 2 aromatic heterocycles. The third-order valence-electron chi connectivity index (χ3n) is 3.85.